The van der Waals surface area contributed by atoms with Crippen LogP contribution in [0.25, 0.3) is 0 Å². The van der Waals surface area contributed by atoms with Crippen molar-refractivity contribution in [3.63, 3.8) is 0 Å². The van der Waals surface area contributed by atoms with Crippen LogP contribution in [0.1, 0.15) is 19.7 Å². The van der Waals surface area contributed by atoms with Crippen molar-refractivity contribution in [1.29, 1.82) is 0 Å². The molecule has 158 valence electrons. The number of anilines is 1. The van der Waals surface area contributed by atoms with Crippen LogP contribution < -0.4 is 9.46 Å². The number of nitrogens with zero attached hydrogens (tertiary/aromatic N) is 3. The Morgan fingerprint density at radius 2 is 1.67 bits per heavy atom. The molecule has 30 heavy (non-hydrogen) atoms. The lowest BCUT2D eigenvalue weighted by atomic mass is 10.3. The minimum Gasteiger partial charge on any atom is -0.457 e. The molecular formula is C20H22N4O4S2. The van der Waals surface area contributed by atoms with Crippen molar-refractivity contribution in [3.8, 4) is 11.5 Å². The maximum atomic E-state index is 12.6. The summed E-state index contributed by atoms with van der Waals surface area (Å²) in [5.41, 5.74) is 0. The number of benzene rings is 2. The first-order valence-corrected chi connectivity index (χ1v) is 11.6. The summed E-state index contributed by atoms with van der Waals surface area (Å²) in [6, 6.07) is 15.3. The predicted octanol–water partition coefficient (Wildman–Crippen LogP) is 3.54. The number of hydrogen-bond acceptors (Lipinski definition) is 7. The molecule has 8 nitrogen and oxygen atoms in total. The lowest BCUT2D eigenvalue weighted by Crippen LogP contribution is -2.32. The van der Waals surface area contributed by atoms with Gasteiger partial charge in [-0.15, -0.1) is 0 Å². The second-order valence-electron chi connectivity index (χ2n) is 6.25. The molecule has 1 heterocycles. The Bertz CT molecular complexity index is 1080. The molecule has 0 bridgehead atoms. The first-order valence-electron chi connectivity index (χ1n) is 9.37. The Morgan fingerprint density at radius 3 is 2.30 bits per heavy atom. The van der Waals surface area contributed by atoms with E-state index in [9.17, 15) is 13.2 Å². The molecule has 10 heteroatoms. The molecule has 0 unspecified atom stereocenters. The van der Waals surface area contributed by atoms with Gasteiger partial charge in [0, 0.05) is 24.6 Å². The van der Waals surface area contributed by atoms with Crippen LogP contribution in [0.15, 0.2) is 59.5 Å². The Hall–Kier alpha value is -2.98. The van der Waals surface area contributed by atoms with E-state index in [0.717, 1.165) is 11.5 Å². The lowest BCUT2D eigenvalue weighted by molar-refractivity contribution is -0.130. The van der Waals surface area contributed by atoms with Crippen LogP contribution in [0.5, 0.6) is 11.5 Å². The Balaban J connectivity index is 1.65. The van der Waals surface area contributed by atoms with E-state index >= 15 is 0 Å². The van der Waals surface area contributed by atoms with Crippen LogP contribution in [0.4, 0.5) is 5.13 Å². The van der Waals surface area contributed by atoms with E-state index < -0.39 is 10.0 Å². The Morgan fingerprint density at radius 1 is 1.03 bits per heavy atom. The van der Waals surface area contributed by atoms with Gasteiger partial charge in [-0.25, -0.2) is 13.4 Å². The summed E-state index contributed by atoms with van der Waals surface area (Å²) in [6.07, 6.45) is 0.0332. The van der Waals surface area contributed by atoms with E-state index in [4.69, 9.17) is 4.74 Å². The van der Waals surface area contributed by atoms with Gasteiger partial charge in [0.25, 0.3) is 10.0 Å². The highest BCUT2D eigenvalue weighted by atomic mass is 32.2. The number of carbonyl (C=O) groups excluding carboxylic acids is 1. The summed E-state index contributed by atoms with van der Waals surface area (Å²) in [7, 11) is -3.84. The molecule has 1 aromatic heterocycles. The highest BCUT2D eigenvalue weighted by Crippen LogP contribution is 2.24. The van der Waals surface area contributed by atoms with Crippen molar-refractivity contribution in [2.45, 2.75) is 25.2 Å². The number of sulfonamides is 1. The molecule has 0 aliphatic heterocycles. The van der Waals surface area contributed by atoms with Gasteiger partial charge in [-0.2, -0.15) is 4.37 Å². The molecule has 1 N–H and O–H groups in total. The number of hydrogen-bond donors (Lipinski definition) is 1. The average molecular weight is 447 g/mol. The average Bonchev–Trinajstić information content (AvgIpc) is 3.16. The van der Waals surface area contributed by atoms with Gasteiger partial charge in [0.05, 0.1) is 11.3 Å². The monoisotopic (exact) mass is 446 g/mol. The predicted molar refractivity (Wildman–Crippen MR) is 115 cm³/mol. The molecule has 3 rings (SSSR count). The molecule has 0 aliphatic rings. The molecule has 3 aromatic rings. The first kappa shape index (κ1) is 21.7. The Labute approximate surface area is 179 Å². The van der Waals surface area contributed by atoms with Crippen molar-refractivity contribution in [2.75, 3.05) is 17.8 Å². The highest BCUT2D eigenvalue weighted by Gasteiger charge is 2.19. The van der Waals surface area contributed by atoms with Gasteiger partial charge in [-0.05, 0) is 50.2 Å². The zero-order valence-corrected chi connectivity index (χ0v) is 18.2. The molecule has 0 saturated heterocycles. The van der Waals surface area contributed by atoms with Crippen molar-refractivity contribution < 1.29 is 17.9 Å². The zero-order valence-electron chi connectivity index (χ0n) is 16.6. The second kappa shape index (κ2) is 9.68. The number of para-hydroxylation sites is 1. The topological polar surface area (TPSA) is 101 Å². The molecule has 2 aromatic carbocycles. The summed E-state index contributed by atoms with van der Waals surface area (Å²) in [5.74, 6) is 1.38. The molecule has 1 amide bonds. The van der Waals surface area contributed by atoms with Gasteiger partial charge < -0.3 is 9.64 Å². The number of likely N-dealkylation sites (N-methyl/N-ethyl adjacent to an activating group) is 1. The SMILES string of the molecule is CCN(CC)C(=O)Cc1nsc(NS(=O)(=O)c2ccc(Oc3ccccc3)cc2)n1. The Kier molecular flexibility index (Phi) is 7.01. The lowest BCUT2D eigenvalue weighted by Gasteiger charge is -2.17. The smallest absolute Gasteiger partial charge is 0.263 e. The standard InChI is InChI=1S/C20H22N4O4S2/c1-3-24(4-2)19(25)14-18-21-20(29-22-18)23-30(26,27)17-12-10-16(11-13-17)28-15-8-6-5-7-9-15/h5-13H,3-4,14H2,1-2H3,(H,21,22,23). The fourth-order valence-corrected chi connectivity index (χ4v) is 4.49. The highest BCUT2D eigenvalue weighted by molar-refractivity contribution is 7.93. The molecule has 0 fully saturated rings. The van der Waals surface area contributed by atoms with Crippen LogP contribution in [0, 0.1) is 0 Å². The third-order valence-corrected chi connectivity index (χ3v) is 6.38. The molecule has 0 spiro atoms. The fourth-order valence-electron chi connectivity index (χ4n) is 2.68. The molecule has 0 saturated carbocycles. The minimum atomic E-state index is -3.84. The van der Waals surface area contributed by atoms with Crippen LogP contribution in [0.3, 0.4) is 0 Å². The van der Waals surface area contributed by atoms with Crippen LogP contribution in [0.2, 0.25) is 0 Å². The van der Waals surface area contributed by atoms with Gasteiger partial charge >= 0.3 is 0 Å². The summed E-state index contributed by atoms with van der Waals surface area (Å²) < 4.78 is 37.4. The van der Waals surface area contributed by atoms with Gasteiger partial charge in [-0.1, -0.05) is 18.2 Å². The van der Waals surface area contributed by atoms with Crippen LogP contribution in [-0.4, -0.2) is 41.7 Å². The number of ether oxygens (including phenoxy) is 1. The molecular weight excluding hydrogens is 424 g/mol. The summed E-state index contributed by atoms with van der Waals surface area (Å²) >= 11 is 0.898. The maximum Gasteiger partial charge on any atom is 0.263 e. The number of rotatable bonds is 9. The summed E-state index contributed by atoms with van der Waals surface area (Å²) in [5, 5.41) is 0.113. The molecule has 0 aliphatic carbocycles. The van der Waals surface area contributed by atoms with E-state index in [0.29, 0.717) is 30.4 Å². The van der Waals surface area contributed by atoms with Crippen molar-refractivity contribution in [1.82, 2.24) is 14.3 Å². The van der Waals surface area contributed by atoms with E-state index in [2.05, 4.69) is 14.1 Å². The van der Waals surface area contributed by atoms with Gasteiger partial charge in [0.1, 0.15) is 11.5 Å². The van der Waals surface area contributed by atoms with Gasteiger partial charge in [-0.3, -0.25) is 9.52 Å². The van der Waals surface area contributed by atoms with E-state index in [1.807, 2.05) is 44.2 Å². The maximum absolute atomic E-state index is 12.6. The number of amides is 1. The van der Waals surface area contributed by atoms with E-state index in [-0.39, 0.29) is 22.4 Å². The summed E-state index contributed by atoms with van der Waals surface area (Å²) in [4.78, 5) is 18.0. The normalized spacial score (nSPS) is 11.1. The van der Waals surface area contributed by atoms with Gasteiger partial charge in [0.2, 0.25) is 11.0 Å². The first-order chi connectivity index (χ1) is 14.4. The minimum absolute atomic E-state index is 0.0332. The van der Waals surface area contributed by atoms with E-state index in [1.54, 1.807) is 17.0 Å². The van der Waals surface area contributed by atoms with Crippen molar-refractivity contribution >= 4 is 32.6 Å². The van der Waals surface area contributed by atoms with Crippen molar-refractivity contribution in [2.24, 2.45) is 0 Å². The summed E-state index contributed by atoms with van der Waals surface area (Å²) in [6.45, 7) is 4.99. The largest absolute Gasteiger partial charge is 0.457 e. The molecule has 0 atom stereocenters. The van der Waals surface area contributed by atoms with Crippen molar-refractivity contribution in [3.05, 3.63) is 60.4 Å². The third kappa shape index (κ3) is 5.55. The van der Waals surface area contributed by atoms with E-state index in [1.165, 1.54) is 12.1 Å². The van der Waals surface area contributed by atoms with Crippen LogP contribution >= 0.6 is 11.5 Å². The zero-order chi connectivity index (χ0) is 21.6. The number of aromatic nitrogens is 2. The van der Waals surface area contributed by atoms with Gasteiger partial charge in [0.15, 0.2) is 5.82 Å². The second-order valence-corrected chi connectivity index (χ2v) is 8.68. The molecule has 0 radical (unpaired) electrons. The fraction of sp³-hybridized carbons (Fsp3) is 0.250. The third-order valence-electron chi connectivity index (χ3n) is 4.23. The van der Waals surface area contributed by atoms with Crippen LogP contribution in [-0.2, 0) is 21.2 Å². The quantitative estimate of drug-likeness (QED) is 0.539. The number of carbonyl (C=O) groups is 1. The number of nitrogens with one attached hydrogen (secondary N) is 1.